The quantitative estimate of drug-likeness (QED) is 0.783. The molecule has 4 heteroatoms. The van der Waals surface area contributed by atoms with Crippen LogP contribution < -0.4 is 0 Å². The highest BCUT2D eigenvalue weighted by atomic mass is 16.5. The molecule has 2 aliphatic carbocycles. The molecule has 2 aliphatic rings. The van der Waals surface area contributed by atoms with E-state index < -0.39 is 18.3 Å². The number of rotatable bonds is 4. The molecule has 2 fully saturated rings. The smallest absolute Gasteiger partial charge is 0.0854 e. The van der Waals surface area contributed by atoms with Crippen LogP contribution in [0.3, 0.4) is 0 Å². The summed E-state index contributed by atoms with van der Waals surface area (Å²) < 4.78 is 5.83. The molecule has 1 aromatic rings. The molecule has 3 rings (SSSR count). The van der Waals surface area contributed by atoms with E-state index in [4.69, 9.17) is 4.74 Å². The summed E-state index contributed by atoms with van der Waals surface area (Å²) in [6.45, 7) is 1.21. The van der Waals surface area contributed by atoms with E-state index in [1.165, 1.54) is 0 Å². The Bertz CT molecular complexity index is 449. The average molecular weight is 292 g/mol. The van der Waals surface area contributed by atoms with Crippen LogP contribution in [0.2, 0.25) is 0 Å². The highest BCUT2D eigenvalue weighted by Crippen LogP contribution is 2.45. The van der Waals surface area contributed by atoms with E-state index in [9.17, 15) is 15.3 Å². The monoisotopic (exact) mass is 292 g/mol. The molecule has 0 radical (unpaired) electrons. The maximum atomic E-state index is 10.1. The Labute approximate surface area is 125 Å². The number of benzene rings is 1. The Morgan fingerprint density at radius 2 is 1.76 bits per heavy atom. The van der Waals surface area contributed by atoms with Gasteiger partial charge in [-0.25, -0.2) is 0 Å². The number of aliphatic hydroxyl groups is 3. The standard InChI is InChI=1S/C17H24O4/c18-14-7-6-12(13-8-15(19)17(20)16(13)14)10-21-9-11-4-2-1-3-5-11/h1-5,12-20H,6-10H2/t12-,13?,14?,15-,16?,17-/m1/s1. The zero-order chi connectivity index (χ0) is 14.8. The molecular weight excluding hydrogens is 268 g/mol. The molecule has 4 nitrogen and oxygen atoms in total. The van der Waals surface area contributed by atoms with Crippen molar-refractivity contribution < 1.29 is 20.1 Å². The Hall–Kier alpha value is -0.940. The molecule has 116 valence electrons. The van der Waals surface area contributed by atoms with Crippen molar-refractivity contribution in [3.05, 3.63) is 35.9 Å². The predicted octanol–water partition coefficient (Wildman–Crippen LogP) is 1.33. The third kappa shape index (κ3) is 3.14. The van der Waals surface area contributed by atoms with E-state index >= 15 is 0 Å². The maximum Gasteiger partial charge on any atom is 0.0854 e. The van der Waals surface area contributed by atoms with Crippen LogP contribution in [0, 0.1) is 17.8 Å². The van der Waals surface area contributed by atoms with Gasteiger partial charge in [-0.1, -0.05) is 30.3 Å². The molecule has 6 atom stereocenters. The summed E-state index contributed by atoms with van der Waals surface area (Å²) in [5.41, 5.74) is 1.15. The van der Waals surface area contributed by atoms with Crippen molar-refractivity contribution in [2.75, 3.05) is 6.61 Å². The van der Waals surface area contributed by atoms with Crippen molar-refractivity contribution in [3.63, 3.8) is 0 Å². The van der Waals surface area contributed by atoms with Crippen molar-refractivity contribution in [1.82, 2.24) is 0 Å². The highest BCUT2D eigenvalue weighted by Gasteiger charge is 2.50. The van der Waals surface area contributed by atoms with Crippen LogP contribution >= 0.6 is 0 Å². The summed E-state index contributed by atoms with van der Waals surface area (Å²) in [7, 11) is 0. The first-order chi connectivity index (χ1) is 10.2. The molecule has 0 saturated heterocycles. The minimum Gasteiger partial charge on any atom is -0.393 e. The summed E-state index contributed by atoms with van der Waals surface area (Å²) in [4.78, 5) is 0. The van der Waals surface area contributed by atoms with Crippen LogP contribution in [0.4, 0.5) is 0 Å². The lowest BCUT2D eigenvalue weighted by Gasteiger charge is -2.38. The topological polar surface area (TPSA) is 69.9 Å². The lowest BCUT2D eigenvalue weighted by molar-refractivity contribution is -0.0641. The van der Waals surface area contributed by atoms with Gasteiger partial charge in [0.15, 0.2) is 0 Å². The molecule has 21 heavy (non-hydrogen) atoms. The number of ether oxygens (including phenoxy) is 1. The average Bonchev–Trinajstić information content (AvgIpc) is 2.79. The van der Waals surface area contributed by atoms with Crippen LogP contribution in [0.1, 0.15) is 24.8 Å². The van der Waals surface area contributed by atoms with Crippen molar-refractivity contribution in [2.24, 2.45) is 17.8 Å². The predicted molar refractivity (Wildman–Crippen MR) is 78.4 cm³/mol. The van der Waals surface area contributed by atoms with Crippen molar-refractivity contribution in [3.8, 4) is 0 Å². The number of aliphatic hydroxyl groups excluding tert-OH is 3. The highest BCUT2D eigenvalue weighted by molar-refractivity contribution is 5.13. The largest absolute Gasteiger partial charge is 0.393 e. The van der Waals surface area contributed by atoms with E-state index in [-0.39, 0.29) is 11.8 Å². The third-order valence-corrected chi connectivity index (χ3v) is 5.12. The van der Waals surface area contributed by atoms with Gasteiger partial charge in [0.1, 0.15) is 0 Å². The van der Waals surface area contributed by atoms with E-state index in [2.05, 4.69) is 0 Å². The SMILES string of the molecule is OC1CC[C@H](COCc2ccccc2)C2C[C@@H](O)[C@@H](O)C12. The van der Waals surface area contributed by atoms with Crippen LogP contribution in [-0.4, -0.2) is 40.2 Å². The van der Waals surface area contributed by atoms with Gasteiger partial charge in [0.05, 0.1) is 31.5 Å². The molecule has 0 amide bonds. The summed E-state index contributed by atoms with van der Waals surface area (Å²) >= 11 is 0. The maximum absolute atomic E-state index is 10.1. The Kier molecular flexibility index (Phi) is 4.60. The number of fused-ring (bicyclic) bond motifs is 1. The summed E-state index contributed by atoms with van der Waals surface area (Å²) in [5.74, 6) is 0.280. The second-order valence-corrected chi connectivity index (χ2v) is 6.44. The Morgan fingerprint density at radius 3 is 2.52 bits per heavy atom. The molecule has 0 heterocycles. The number of hydrogen-bond acceptors (Lipinski definition) is 4. The minimum atomic E-state index is -0.790. The fourth-order valence-electron chi connectivity index (χ4n) is 4.01. The molecule has 3 unspecified atom stereocenters. The Morgan fingerprint density at radius 1 is 1.00 bits per heavy atom. The van der Waals surface area contributed by atoms with Crippen LogP contribution in [0.25, 0.3) is 0 Å². The first-order valence-electron chi connectivity index (χ1n) is 7.82. The van der Waals surface area contributed by atoms with E-state index in [0.717, 1.165) is 12.0 Å². The lowest BCUT2D eigenvalue weighted by atomic mass is 9.72. The molecule has 3 N–H and O–H groups in total. The third-order valence-electron chi connectivity index (χ3n) is 5.12. The van der Waals surface area contributed by atoms with Crippen molar-refractivity contribution >= 4 is 0 Å². The van der Waals surface area contributed by atoms with Crippen molar-refractivity contribution in [1.29, 1.82) is 0 Å². The van der Waals surface area contributed by atoms with Gasteiger partial charge < -0.3 is 20.1 Å². The van der Waals surface area contributed by atoms with Crippen LogP contribution in [0.5, 0.6) is 0 Å². The van der Waals surface area contributed by atoms with Gasteiger partial charge in [-0.05, 0) is 36.7 Å². The van der Waals surface area contributed by atoms with E-state index in [0.29, 0.717) is 32.0 Å². The lowest BCUT2D eigenvalue weighted by Crippen LogP contribution is -2.41. The summed E-state index contributed by atoms with van der Waals surface area (Å²) in [6.07, 6.45) is 0.169. The van der Waals surface area contributed by atoms with Gasteiger partial charge in [0.25, 0.3) is 0 Å². The normalized spacial score (nSPS) is 39.2. The van der Waals surface area contributed by atoms with Crippen LogP contribution in [-0.2, 0) is 11.3 Å². The fourth-order valence-corrected chi connectivity index (χ4v) is 4.01. The molecule has 2 saturated carbocycles. The zero-order valence-corrected chi connectivity index (χ0v) is 12.1. The molecule has 0 aromatic heterocycles. The van der Waals surface area contributed by atoms with E-state index in [1.807, 2.05) is 30.3 Å². The molecule has 0 aliphatic heterocycles. The van der Waals surface area contributed by atoms with Gasteiger partial charge in [-0.3, -0.25) is 0 Å². The molecule has 0 bridgehead atoms. The summed E-state index contributed by atoms with van der Waals surface area (Å²) in [6, 6.07) is 10.1. The molecule has 1 aromatic carbocycles. The molecular formula is C17H24O4. The Balaban J connectivity index is 1.56. The minimum absolute atomic E-state index is 0.162. The summed E-state index contributed by atoms with van der Waals surface area (Å²) in [5, 5.41) is 30.0. The van der Waals surface area contributed by atoms with Gasteiger partial charge in [0, 0.05) is 5.92 Å². The van der Waals surface area contributed by atoms with Gasteiger partial charge in [-0.15, -0.1) is 0 Å². The zero-order valence-electron chi connectivity index (χ0n) is 12.1. The molecule has 0 spiro atoms. The first kappa shape index (κ1) is 15.0. The second-order valence-electron chi connectivity index (χ2n) is 6.44. The van der Waals surface area contributed by atoms with Gasteiger partial charge in [0.2, 0.25) is 0 Å². The second kappa shape index (κ2) is 6.44. The fraction of sp³-hybridized carbons (Fsp3) is 0.647. The van der Waals surface area contributed by atoms with Gasteiger partial charge >= 0.3 is 0 Å². The van der Waals surface area contributed by atoms with Crippen molar-refractivity contribution in [2.45, 2.75) is 44.2 Å². The first-order valence-corrected chi connectivity index (χ1v) is 7.82. The van der Waals surface area contributed by atoms with E-state index in [1.54, 1.807) is 0 Å². The number of hydrogen-bond donors (Lipinski definition) is 3. The van der Waals surface area contributed by atoms with Crippen LogP contribution in [0.15, 0.2) is 30.3 Å². The van der Waals surface area contributed by atoms with Gasteiger partial charge in [-0.2, -0.15) is 0 Å².